The molecule has 1 aromatic heterocycles. The number of likely N-dealkylation sites (N-methyl/N-ethyl adjacent to an activating group) is 1. The minimum atomic E-state index is -0.602. The van der Waals surface area contributed by atoms with Crippen LogP contribution in [0.15, 0.2) is 36.5 Å². The molecule has 2 unspecified atom stereocenters. The van der Waals surface area contributed by atoms with E-state index in [1.165, 1.54) is 0 Å². The van der Waals surface area contributed by atoms with Crippen molar-refractivity contribution in [3.63, 3.8) is 0 Å². The minimum absolute atomic E-state index is 0.135. The van der Waals surface area contributed by atoms with Crippen LogP contribution >= 0.6 is 0 Å². The van der Waals surface area contributed by atoms with Crippen molar-refractivity contribution in [3.8, 4) is 12.1 Å². The summed E-state index contributed by atoms with van der Waals surface area (Å²) in [5, 5.41) is 9.58. The molecular weight excluding hydrogens is 518 g/mol. The monoisotopic (exact) mass is 563 g/mol. The van der Waals surface area contributed by atoms with Gasteiger partial charge in [0.05, 0.1) is 30.3 Å². The topological polar surface area (TPSA) is 98.1 Å². The van der Waals surface area contributed by atoms with Crippen LogP contribution in [0.2, 0.25) is 0 Å². The van der Waals surface area contributed by atoms with E-state index in [1.54, 1.807) is 4.90 Å². The standard InChI is InChI=1S/C31H45N7O3/c1-7-35(8-2)19-20-40-29-33-26-22-36(27-12-10-9-11-23(27)3)16-14-25(26)28(34-29)37-17-18-38(24(21-37)13-15-32)30(39)41-31(4,5)6/h9-12,24,27H,3,7-8,13-14,16-22H2,1-2,4-6H3. The second-order valence-corrected chi connectivity index (χ2v) is 11.8. The second-order valence-electron chi connectivity index (χ2n) is 11.8. The zero-order valence-electron chi connectivity index (χ0n) is 25.3. The van der Waals surface area contributed by atoms with Gasteiger partial charge in [-0.25, -0.2) is 4.79 Å². The van der Waals surface area contributed by atoms with E-state index in [1.807, 2.05) is 26.8 Å². The predicted octanol–water partition coefficient (Wildman–Crippen LogP) is 3.95. The van der Waals surface area contributed by atoms with Gasteiger partial charge in [0.1, 0.15) is 18.0 Å². The Hall–Kier alpha value is -3.42. The van der Waals surface area contributed by atoms with Crippen molar-refractivity contribution in [1.29, 1.82) is 5.26 Å². The first kappa shape index (κ1) is 30.5. The molecule has 0 N–H and O–H groups in total. The van der Waals surface area contributed by atoms with Crippen molar-refractivity contribution in [3.05, 3.63) is 47.7 Å². The fraction of sp³-hybridized carbons (Fsp3) is 0.613. The van der Waals surface area contributed by atoms with Crippen LogP contribution in [0.3, 0.4) is 0 Å². The third-order valence-electron chi connectivity index (χ3n) is 7.81. The van der Waals surface area contributed by atoms with Gasteiger partial charge in [-0.15, -0.1) is 0 Å². The smallest absolute Gasteiger partial charge is 0.410 e. The molecule has 1 amide bonds. The number of carbonyl (C=O) groups is 1. The first-order chi connectivity index (χ1) is 19.6. The molecule has 0 aromatic carbocycles. The van der Waals surface area contributed by atoms with Crippen molar-refractivity contribution in [2.45, 2.75) is 71.7 Å². The largest absolute Gasteiger partial charge is 0.462 e. The summed E-state index contributed by atoms with van der Waals surface area (Å²) in [4.78, 5) is 31.4. The van der Waals surface area contributed by atoms with Crippen molar-refractivity contribution in [2.24, 2.45) is 0 Å². The van der Waals surface area contributed by atoms with Gasteiger partial charge < -0.3 is 24.2 Å². The van der Waals surface area contributed by atoms with Gasteiger partial charge in [0.25, 0.3) is 0 Å². The van der Waals surface area contributed by atoms with Crippen LogP contribution in [0.1, 0.15) is 52.3 Å². The number of hydrogen-bond donors (Lipinski definition) is 0. The van der Waals surface area contributed by atoms with Gasteiger partial charge in [0, 0.05) is 44.8 Å². The molecule has 41 heavy (non-hydrogen) atoms. The van der Waals surface area contributed by atoms with Crippen molar-refractivity contribution in [2.75, 3.05) is 57.3 Å². The fourth-order valence-corrected chi connectivity index (χ4v) is 5.59. The van der Waals surface area contributed by atoms with E-state index in [2.05, 4.69) is 59.4 Å². The summed E-state index contributed by atoms with van der Waals surface area (Å²) < 4.78 is 11.8. The molecule has 1 saturated heterocycles. The number of piperazine rings is 1. The number of anilines is 1. The Balaban J connectivity index is 1.60. The summed E-state index contributed by atoms with van der Waals surface area (Å²) in [5.41, 5.74) is 2.54. The molecule has 1 aromatic rings. The first-order valence-electron chi connectivity index (χ1n) is 14.8. The second kappa shape index (κ2) is 13.5. The molecule has 10 heteroatoms. The molecule has 1 fully saturated rings. The molecule has 1 aliphatic carbocycles. The molecule has 0 radical (unpaired) electrons. The Morgan fingerprint density at radius 1 is 1.20 bits per heavy atom. The number of rotatable bonds is 9. The summed E-state index contributed by atoms with van der Waals surface area (Å²) in [6.45, 7) is 20.4. The summed E-state index contributed by atoms with van der Waals surface area (Å²) in [7, 11) is 0. The maximum atomic E-state index is 13.0. The molecular formula is C31H45N7O3. The van der Waals surface area contributed by atoms with Gasteiger partial charge in [-0.05, 0) is 45.9 Å². The number of ether oxygens (including phenoxy) is 2. The first-order valence-corrected chi connectivity index (χ1v) is 14.8. The Morgan fingerprint density at radius 2 is 1.98 bits per heavy atom. The molecule has 0 bridgehead atoms. The molecule has 3 aliphatic rings. The molecule has 3 heterocycles. The Bertz CT molecular complexity index is 1200. The lowest BCUT2D eigenvalue weighted by atomic mass is 9.97. The predicted molar refractivity (Wildman–Crippen MR) is 160 cm³/mol. The fourth-order valence-electron chi connectivity index (χ4n) is 5.59. The van der Waals surface area contributed by atoms with E-state index in [4.69, 9.17) is 19.4 Å². The SMILES string of the molecule is C=C1C=CC=CC1N1CCc2c(nc(OCCN(CC)CC)nc2N2CCN(C(=O)OC(C)(C)C)C(CC#N)C2)C1. The van der Waals surface area contributed by atoms with E-state index in [-0.39, 0.29) is 24.6 Å². The maximum absolute atomic E-state index is 13.0. The summed E-state index contributed by atoms with van der Waals surface area (Å²) in [6.07, 6.45) is 8.96. The van der Waals surface area contributed by atoms with Crippen LogP contribution in [0.25, 0.3) is 0 Å². The van der Waals surface area contributed by atoms with Crippen LogP contribution in [-0.2, 0) is 17.7 Å². The van der Waals surface area contributed by atoms with Gasteiger partial charge >= 0.3 is 12.1 Å². The molecule has 0 saturated carbocycles. The van der Waals surface area contributed by atoms with E-state index in [0.29, 0.717) is 38.8 Å². The lowest BCUT2D eigenvalue weighted by Crippen LogP contribution is -2.56. The quantitative estimate of drug-likeness (QED) is 0.442. The van der Waals surface area contributed by atoms with Gasteiger partial charge in [0.2, 0.25) is 0 Å². The highest BCUT2D eigenvalue weighted by Crippen LogP contribution is 2.32. The molecule has 2 atom stereocenters. The Labute approximate surface area is 244 Å². The average Bonchev–Trinajstić information content (AvgIpc) is 2.94. The highest BCUT2D eigenvalue weighted by atomic mass is 16.6. The van der Waals surface area contributed by atoms with Gasteiger partial charge in [-0.2, -0.15) is 15.2 Å². The van der Waals surface area contributed by atoms with Crippen LogP contribution in [0.4, 0.5) is 10.6 Å². The van der Waals surface area contributed by atoms with Crippen LogP contribution in [-0.4, -0.2) is 101 Å². The van der Waals surface area contributed by atoms with E-state index in [9.17, 15) is 10.1 Å². The third-order valence-corrected chi connectivity index (χ3v) is 7.81. The highest BCUT2D eigenvalue weighted by Gasteiger charge is 2.36. The van der Waals surface area contributed by atoms with Gasteiger partial charge in [-0.1, -0.05) is 44.7 Å². The lowest BCUT2D eigenvalue weighted by Gasteiger charge is -2.42. The zero-order chi connectivity index (χ0) is 29.6. The third kappa shape index (κ3) is 7.66. The van der Waals surface area contributed by atoms with Crippen molar-refractivity contribution in [1.82, 2.24) is 24.7 Å². The molecule has 222 valence electrons. The Morgan fingerprint density at radius 3 is 2.66 bits per heavy atom. The van der Waals surface area contributed by atoms with Crippen molar-refractivity contribution < 1.29 is 14.3 Å². The lowest BCUT2D eigenvalue weighted by molar-refractivity contribution is 0.0144. The molecule has 2 aliphatic heterocycles. The number of nitrogens with zero attached hydrogens (tertiary/aromatic N) is 7. The van der Waals surface area contributed by atoms with Gasteiger partial charge in [-0.3, -0.25) is 4.90 Å². The van der Waals surface area contributed by atoms with Gasteiger partial charge in [0.15, 0.2) is 0 Å². The van der Waals surface area contributed by atoms with Crippen LogP contribution in [0, 0.1) is 11.3 Å². The molecule has 10 nitrogen and oxygen atoms in total. The Kier molecular flexibility index (Phi) is 10.1. The van der Waals surface area contributed by atoms with Crippen LogP contribution < -0.4 is 9.64 Å². The number of nitriles is 1. The van der Waals surface area contributed by atoms with Crippen molar-refractivity contribution >= 4 is 11.9 Å². The number of carbonyl (C=O) groups excluding carboxylic acids is 1. The zero-order valence-corrected chi connectivity index (χ0v) is 25.3. The number of fused-ring (bicyclic) bond motifs is 1. The average molecular weight is 564 g/mol. The summed E-state index contributed by atoms with van der Waals surface area (Å²) >= 11 is 0. The number of aromatic nitrogens is 2. The number of hydrogen-bond acceptors (Lipinski definition) is 9. The molecule has 4 rings (SSSR count). The maximum Gasteiger partial charge on any atom is 0.410 e. The normalized spacial score (nSPS) is 21.1. The number of allylic oxidation sites excluding steroid dienone is 2. The van der Waals surface area contributed by atoms with E-state index >= 15 is 0 Å². The van der Waals surface area contributed by atoms with E-state index in [0.717, 1.165) is 55.2 Å². The van der Waals surface area contributed by atoms with E-state index < -0.39 is 5.60 Å². The van der Waals surface area contributed by atoms with Crippen LogP contribution in [0.5, 0.6) is 6.01 Å². The highest BCUT2D eigenvalue weighted by molar-refractivity contribution is 5.69. The molecule has 0 spiro atoms. The summed E-state index contributed by atoms with van der Waals surface area (Å²) in [5.74, 6) is 0.845. The minimum Gasteiger partial charge on any atom is -0.462 e. The summed E-state index contributed by atoms with van der Waals surface area (Å²) in [6, 6.07) is 2.47. The number of amides is 1.